The van der Waals surface area contributed by atoms with Gasteiger partial charge in [-0.2, -0.15) is 0 Å². The summed E-state index contributed by atoms with van der Waals surface area (Å²) in [4.78, 5) is 31.3. The number of amides is 2. The second kappa shape index (κ2) is 12.5. The number of nitrogens with one attached hydrogen (secondary N) is 2. The van der Waals surface area contributed by atoms with Gasteiger partial charge in [-0.15, -0.1) is 11.3 Å². The molecule has 0 radical (unpaired) electrons. The number of fused-ring (bicyclic) bond motifs is 1. The van der Waals surface area contributed by atoms with Crippen molar-refractivity contribution >= 4 is 34.2 Å². The molecule has 0 unspecified atom stereocenters. The van der Waals surface area contributed by atoms with Crippen LogP contribution < -0.4 is 15.4 Å². The summed E-state index contributed by atoms with van der Waals surface area (Å²) in [5.41, 5.74) is 3.40. The fraction of sp³-hybridized carbons (Fsp3) is 0.345. The maximum Gasteiger partial charge on any atom is 0.251 e. The third-order valence-corrected chi connectivity index (χ3v) is 7.40. The number of aromatic nitrogens is 2. The largest absolute Gasteiger partial charge is 0.497 e. The molecule has 4 rings (SSSR count). The second-order valence-corrected chi connectivity index (χ2v) is 9.99. The van der Waals surface area contributed by atoms with Crippen LogP contribution >= 0.6 is 11.3 Å². The van der Waals surface area contributed by atoms with E-state index in [2.05, 4.69) is 46.6 Å². The van der Waals surface area contributed by atoms with E-state index in [1.54, 1.807) is 18.4 Å². The van der Waals surface area contributed by atoms with Crippen molar-refractivity contribution in [1.29, 1.82) is 0 Å². The zero-order chi connectivity index (χ0) is 26.2. The van der Waals surface area contributed by atoms with Crippen LogP contribution in [0.25, 0.3) is 11.0 Å². The number of carbonyl (C=O) groups is 2. The summed E-state index contributed by atoms with van der Waals surface area (Å²) < 4.78 is 7.56. The van der Waals surface area contributed by atoms with Crippen molar-refractivity contribution in [3.8, 4) is 5.75 Å². The number of benzene rings is 2. The van der Waals surface area contributed by atoms with Crippen molar-refractivity contribution in [1.82, 2.24) is 20.2 Å². The van der Waals surface area contributed by atoms with E-state index in [4.69, 9.17) is 9.72 Å². The molecular weight excluding hydrogens is 484 g/mol. The fourth-order valence-electron chi connectivity index (χ4n) is 4.54. The summed E-state index contributed by atoms with van der Waals surface area (Å²) in [6.07, 6.45) is 3.46. The number of imidazole rings is 1. The maximum absolute atomic E-state index is 12.8. The lowest BCUT2D eigenvalue weighted by molar-refractivity contribution is -0.120. The number of carbonyl (C=O) groups excluding carboxylic acids is 2. The van der Waals surface area contributed by atoms with Crippen molar-refractivity contribution in [3.63, 3.8) is 0 Å². The van der Waals surface area contributed by atoms with Gasteiger partial charge in [0.2, 0.25) is 5.91 Å². The highest BCUT2D eigenvalue weighted by Crippen LogP contribution is 2.28. The number of methoxy groups -OCH3 is 1. The zero-order valence-corrected chi connectivity index (χ0v) is 22.4. The Hall–Kier alpha value is -3.65. The molecule has 37 heavy (non-hydrogen) atoms. The zero-order valence-electron chi connectivity index (χ0n) is 21.6. The summed E-state index contributed by atoms with van der Waals surface area (Å²) in [6.45, 7) is 4.78. The van der Waals surface area contributed by atoms with E-state index in [1.807, 2.05) is 42.5 Å². The van der Waals surface area contributed by atoms with Gasteiger partial charge in [-0.3, -0.25) is 9.59 Å². The number of ether oxygens (including phenoxy) is 1. The molecule has 7 nitrogen and oxygen atoms in total. The number of rotatable bonds is 12. The number of hydrogen-bond donors (Lipinski definition) is 2. The second-order valence-electron chi connectivity index (χ2n) is 8.96. The van der Waals surface area contributed by atoms with Crippen molar-refractivity contribution in [2.24, 2.45) is 0 Å². The van der Waals surface area contributed by atoms with Crippen LogP contribution in [-0.4, -0.2) is 41.6 Å². The summed E-state index contributed by atoms with van der Waals surface area (Å²) in [6, 6.07) is 17.9. The van der Waals surface area contributed by atoms with E-state index < -0.39 is 0 Å². The summed E-state index contributed by atoms with van der Waals surface area (Å²) in [7, 11) is 1.63. The van der Waals surface area contributed by atoms with Gasteiger partial charge < -0.3 is 19.9 Å². The Balaban J connectivity index is 1.39. The minimum atomic E-state index is -0.290. The van der Waals surface area contributed by atoms with Crippen molar-refractivity contribution in [3.05, 3.63) is 81.8 Å². The van der Waals surface area contributed by atoms with E-state index in [9.17, 15) is 9.59 Å². The molecule has 0 bridgehead atoms. The Morgan fingerprint density at radius 2 is 1.89 bits per heavy atom. The molecule has 0 aliphatic heterocycles. The molecule has 0 atom stereocenters. The molecule has 194 valence electrons. The van der Waals surface area contributed by atoms with Gasteiger partial charge in [0, 0.05) is 29.4 Å². The van der Waals surface area contributed by atoms with Crippen LogP contribution in [0.4, 0.5) is 0 Å². The molecule has 2 heterocycles. The van der Waals surface area contributed by atoms with Crippen LogP contribution in [0.15, 0.2) is 60.0 Å². The van der Waals surface area contributed by atoms with Crippen LogP contribution in [0.1, 0.15) is 59.4 Å². The fourth-order valence-corrected chi connectivity index (χ4v) is 5.25. The van der Waals surface area contributed by atoms with Crippen molar-refractivity contribution < 1.29 is 14.3 Å². The van der Waals surface area contributed by atoms with Crippen molar-refractivity contribution in [2.45, 2.75) is 45.6 Å². The first-order valence-electron chi connectivity index (χ1n) is 12.7. The van der Waals surface area contributed by atoms with Gasteiger partial charge in [0.25, 0.3) is 5.91 Å². The highest BCUT2D eigenvalue weighted by Gasteiger charge is 2.19. The lowest BCUT2D eigenvalue weighted by atomic mass is 10.1. The first-order chi connectivity index (χ1) is 18.0. The lowest BCUT2D eigenvalue weighted by Gasteiger charge is -2.18. The van der Waals surface area contributed by atoms with Gasteiger partial charge in [0.05, 0.1) is 24.7 Å². The third-order valence-electron chi connectivity index (χ3n) is 6.52. The van der Waals surface area contributed by atoms with Crippen molar-refractivity contribution in [2.75, 3.05) is 20.2 Å². The predicted molar refractivity (Wildman–Crippen MR) is 149 cm³/mol. The Labute approximate surface area is 221 Å². The minimum absolute atomic E-state index is 0.0825. The number of nitrogens with zero attached hydrogens (tertiary/aromatic N) is 2. The summed E-state index contributed by atoms with van der Waals surface area (Å²) in [5.74, 6) is 1.28. The van der Waals surface area contributed by atoms with Gasteiger partial charge in [0.1, 0.15) is 11.6 Å². The first kappa shape index (κ1) is 26.4. The average molecular weight is 519 g/mol. The molecule has 2 amide bonds. The summed E-state index contributed by atoms with van der Waals surface area (Å²) >= 11 is 1.73. The van der Waals surface area contributed by atoms with Crippen LogP contribution in [0.3, 0.4) is 0 Å². The normalized spacial score (nSPS) is 11.1. The van der Waals surface area contributed by atoms with E-state index in [1.165, 1.54) is 4.88 Å². The van der Waals surface area contributed by atoms with E-state index in [-0.39, 0.29) is 18.4 Å². The highest BCUT2D eigenvalue weighted by molar-refractivity contribution is 7.09. The molecule has 0 fully saturated rings. The van der Waals surface area contributed by atoms with Gasteiger partial charge in [-0.05, 0) is 66.6 Å². The molecule has 2 N–H and O–H groups in total. The van der Waals surface area contributed by atoms with Crippen LogP contribution in [0.2, 0.25) is 0 Å². The Bertz CT molecular complexity index is 1340. The molecule has 2 aromatic heterocycles. The SMILES string of the molecule is CCC(CC)n1c(Cc2cccs2)nc2cc(C(=O)NCC(=O)NCCc3cccc(OC)c3)ccc21. The van der Waals surface area contributed by atoms with Gasteiger partial charge in [0.15, 0.2) is 0 Å². The quantitative estimate of drug-likeness (QED) is 0.272. The minimum Gasteiger partial charge on any atom is -0.497 e. The molecule has 0 aliphatic rings. The van der Waals surface area contributed by atoms with Gasteiger partial charge in [-0.1, -0.05) is 32.0 Å². The highest BCUT2D eigenvalue weighted by atomic mass is 32.1. The van der Waals surface area contributed by atoms with Crippen LogP contribution in [0.5, 0.6) is 5.75 Å². The molecule has 0 saturated heterocycles. The molecule has 0 saturated carbocycles. The standard InChI is InChI=1S/C29H34N4O3S/c1-4-22(5-2)33-26-12-11-21(17-25(26)32-27(33)18-24-10-7-15-37-24)29(35)31-19-28(34)30-14-13-20-8-6-9-23(16-20)36-3/h6-12,15-17,22H,4-5,13-14,18-19H2,1-3H3,(H,30,34)(H,31,35). The van der Waals surface area contributed by atoms with Crippen LogP contribution in [-0.2, 0) is 17.6 Å². The number of hydrogen-bond acceptors (Lipinski definition) is 5. The predicted octanol–water partition coefficient (Wildman–Crippen LogP) is 5.15. The molecule has 4 aromatic rings. The Morgan fingerprint density at radius 1 is 1.05 bits per heavy atom. The topological polar surface area (TPSA) is 85.2 Å². The van der Waals surface area contributed by atoms with E-state index >= 15 is 0 Å². The molecular formula is C29H34N4O3S. The third kappa shape index (κ3) is 6.57. The Kier molecular flexibility index (Phi) is 8.95. The lowest BCUT2D eigenvalue weighted by Crippen LogP contribution is -2.37. The molecule has 0 aliphatic carbocycles. The smallest absolute Gasteiger partial charge is 0.251 e. The van der Waals surface area contributed by atoms with E-state index in [0.29, 0.717) is 24.6 Å². The molecule has 0 spiro atoms. The van der Waals surface area contributed by atoms with Gasteiger partial charge >= 0.3 is 0 Å². The monoisotopic (exact) mass is 518 g/mol. The summed E-state index contributed by atoms with van der Waals surface area (Å²) in [5, 5.41) is 7.66. The van der Waals surface area contributed by atoms with Gasteiger partial charge in [-0.25, -0.2) is 4.98 Å². The van der Waals surface area contributed by atoms with Crippen LogP contribution in [0, 0.1) is 0 Å². The maximum atomic E-state index is 12.8. The van der Waals surface area contributed by atoms with E-state index in [0.717, 1.165) is 47.4 Å². The molecule has 2 aromatic carbocycles. The molecule has 8 heteroatoms. The number of thiophene rings is 1. The Morgan fingerprint density at radius 3 is 2.62 bits per heavy atom. The average Bonchev–Trinajstić information content (AvgIpc) is 3.56. The first-order valence-corrected chi connectivity index (χ1v) is 13.6.